The minimum atomic E-state index is 0.836. The summed E-state index contributed by atoms with van der Waals surface area (Å²) in [5.74, 6) is 0. The number of nitrogens with one attached hydrogen (secondary N) is 1. The van der Waals surface area contributed by atoms with Gasteiger partial charge >= 0.3 is 0 Å². The molecule has 6 heteroatoms. The maximum absolute atomic E-state index is 5.13. The van der Waals surface area contributed by atoms with Gasteiger partial charge in [0.05, 0.1) is 19.9 Å². The molecule has 1 N–H and O–H groups in total. The van der Waals surface area contributed by atoms with Crippen LogP contribution in [0.1, 0.15) is 4.88 Å². The molecule has 5 nitrogen and oxygen atoms in total. The Kier molecular flexibility index (Phi) is 3.90. The number of nitrogens with zero attached hydrogens (tertiary/aromatic N) is 3. The van der Waals surface area contributed by atoms with Gasteiger partial charge in [-0.15, -0.1) is 16.4 Å². The summed E-state index contributed by atoms with van der Waals surface area (Å²) in [4.78, 5) is 1.27. The molecule has 0 aliphatic rings. The second kappa shape index (κ2) is 5.62. The third-order valence-corrected chi connectivity index (χ3v) is 3.17. The number of ether oxygens (including phenoxy) is 1. The van der Waals surface area contributed by atoms with Crippen molar-refractivity contribution in [2.24, 2.45) is 0 Å². The number of methoxy groups -OCH3 is 1. The average molecular weight is 238 g/mol. The highest BCUT2D eigenvalue weighted by Crippen LogP contribution is 2.23. The van der Waals surface area contributed by atoms with Gasteiger partial charge in [0.2, 0.25) is 0 Å². The second-order valence-corrected chi connectivity index (χ2v) is 4.40. The van der Waals surface area contributed by atoms with Gasteiger partial charge in [-0.1, -0.05) is 5.21 Å². The van der Waals surface area contributed by atoms with Gasteiger partial charge < -0.3 is 10.1 Å². The molecule has 2 aromatic heterocycles. The fraction of sp³-hybridized carbons (Fsp3) is 0.400. The van der Waals surface area contributed by atoms with Crippen molar-refractivity contribution in [2.45, 2.75) is 13.1 Å². The Morgan fingerprint density at radius 3 is 3.12 bits per heavy atom. The van der Waals surface area contributed by atoms with Crippen LogP contribution in [-0.4, -0.2) is 28.6 Å². The molecule has 0 unspecified atom stereocenters. The number of thiophene rings is 1. The van der Waals surface area contributed by atoms with Crippen LogP contribution in [0.4, 0.5) is 0 Å². The van der Waals surface area contributed by atoms with Gasteiger partial charge in [-0.05, 0) is 12.1 Å². The first-order chi connectivity index (χ1) is 7.88. The van der Waals surface area contributed by atoms with Gasteiger partial charge in [0, 0.05) is 24.2 Å². The van der Waals surface area contributed by atoms with Gasteiger partial charge in [0.25, 0.3) is 0 Å². The van der Waals surface area contributed by atoms with Crippen LogP contribution in [0, 0.1) is 0 Å². The molecule has 0 saturated heterocycles. The maximum atomic E-state index is 5.13. The van der Waals surface area contributed by atoms with E-state index in [4.69, 9.17) is 4.74 Å². The zero-order chi connectivity index (χ0) is 11.2. The Morgan fingerprint density at radius 1 is 1.50 bits per heavy atom. The Morgan fingerprint density at radius 2 is 2.44 bits per heavy atom. The van der Waals surface area contributed by atoms with E-state index in [9.17, 15) is 0 Å². The first-order valence-corrected chi connectivity index (χ1v) is 5.87. The van der Waals surface area contributed by atoms with E-state index in [0.29, 0.717) is 0 Å². The summed E-state index contributed by atoms with van der Waals surface area (Å²) in [6.45, 7) is 2.58. The first-order valence-electron chi connectivity index (χ1n) is 5.06. The highest BCUT2D eigenvalue weighted by molar-refractivity contribution is 7.13. The predicted molar refractivity (Wildman–Crippen MR) is 62.6 cm³/mol. The fourth-order valence-corrected chi connectivity index (χ4v) is 2.11. The van der Waals surface area contributed by atoms with Crippen molar-refractivity contribution >= 4 is 11.3 Å². The first kappa shape index (κ1) is 11.1. The summed E-state index contributed by atoms with van der Waals surface area (Å²) in [5.41, 5.74) is 0. The van der Waals surface area contributed by atoms with E-state index in [1.807, 2.05) is 16.9 Å². The Labute approximate surface area is 98.0 Å². The SMILES string of the molecule is COc1ccc(CNCCn2ccnn2)s1. The van der Waals surface area contributed by atoms with E-state index < -0.39 is 0 Å². The van der Waals surface area contributed by atoms with E-state index in [-0.39, 0.29) is 0 Å². The van der Waals surface area contributed by atoms with Gasteiger partial charge in [0.15, 0.2) is 5.06 Å². The molecule has 0 saturated carbocycles. The summed E-state index contributed by atoms with van der Waals surface area (Å²) in [5, 5.41) is 11.9. The molecule has 16 heavy (non-hydrogen) atoms. The zero-order valence-corrected chi connectivity index (χ0v) is 9.91. The van der Waals surface area contributed by atoms with Crippen LogP contribution in [0.5, 0.6) is 5.06 Å². The van der Waals surface area contributed by atoms with E-state index in [2.05, 4.69) is 21.7 Å². The van der Waals surface area contributed by atoms with Gasteiger partial charge in [0.1, 0.15) is 0 Å². The molecular weight excluding hydrogens is 224 g/mol. The van der Waals surface area contributed by atoms with Crippen LogP contribution in [0.2, 0.25) is 0 Å². The molecule has 0 atom stereocenters. The molecule has 0 fully saturated rings. The smallest absolute Gasteiger partial charge is 0.173 e. The molecule has 0 radical (unpaired) electrons. The molecule has 2 heterocycles. The lowest BCUT2D eigenvalue weighted by Gasteiger charge is -2.02. The molecule has 0 spiro atoms. The van der Waals surface area contributed by atoms with Crippen LogP contribution in [0.25, 0.3) is 0 Å². The fourth-order valence-electron chi connectivity index (χ4n) is 1.32. The molecular formula is C10H14N4OS. The second-order valence-electron chi connectivity index (χ2n) is 3.27. The van der Waals surface area contributed by atoms with Crippen LogP contribution < -0.4 is 10.1 Å². The number of rotatable bonds is 6. The lowest BCUT2D eigenvalue weighted by molar-refractivity contribution is 0.427. The highest BCUT2D eigenvalue weighted by atomic mass is 32.1. The van der Waals surface area contributed by atoms with Crippen molar-refractivity contribution in [1.82, 2.24) is 20.3 Å². The van der Waals surface area contributed by atoms with Crippen LogP contribution >= 0.6 is 11.3 Å². The van der Waals surface area contributed by atoms with Crippen molar-refractivity contribution in [2.75, 3.05) is 13.7 Å². The van der Waals surface area contributed by atoms with E-state index >= 15 is 0 Å². The number of aromatic nitrogens is 3. The average Bonchev–Trinajstić information content (AvgIpc) is 2.95. The summed E-state index contributed by atoms with van der Waals surface area (Å²) in [7, 11) is 1.69. The number of hydrogen-bond acceptors (Lipinski definition) is 5. The highest BCUT2D eigenvalue weighted by Gasteiger charge is 1.99. The Bertz CT molecular complexity index is 412. The lowest BCUT2D eigenvalue weighted by Crippen LogP contribution is -2.19. The lowest BCUT2D eigenvalue weighted by atomic mass is 10.4. The number of hydrogen-bond donors (Lipinski definition) is 1. The Hall–Kier alpha value is -1.40. The molecule has 0 aromatic carbocycles. The van der Waals surface area contributed by atoms with Gasteiger partial charge in [-0.3, -0.25) is 4.68 Å². The normalized spacial score (nSPS) is 10.6. The quantitative estimate of drug-likeness (QED) is 0.767. The third kappa shape index (κ3) is 3.04. The topological polar surface area (TPSA) is 52.0 Å². The van der Waals surface area contributed by atoms with Crippen LogP contribution in [-0.2, 0) is 13.1 Å². The van der Waals surface area contributed by atoms with Crippen molar-refractivity contribution < 1.29 is 4.74 Å². The summed E-state index contributed by atoms with van der Waals surface area (Å²) in [6.07, 6.45) is 3.54. The maximum Gasteiger partial charge on any atom is 0.173 e. The largest absolute Gasteiger partial charge is 0.487 e. The molecule has 2 aromatic rings. The van der Waals surface area contributed by atoms with E-state index in [1.165, 1.54) is 4.88 Å². The van der Waals surface area contributed by atoms with Crippen molar-refractivity contribution in [3.8, 4) is 5.06 Å². The summed E-state index contributed by atoms with van der Waals surface area (Å²) < 4.78 is 6.94. The molecule has 0 bridgehead atoms. The molecule has 0 aliphatic heterocycles. The Balaban J connectivity index is 1.68. The standard InChI is InChI=1S/C10H14N4OS/c1-15-10-3-2-9(16-10)8-11-4-6-14-7-5-12-13-14/h2-3,5,7,11H,4,6,8H2,1H3. The molecule has 0 aliphatic carbocycles. The summed E-state index contributed by atoms with van der Waals surface area (Å²) in [6, 6.07) is 4.06. The van der Waals surface area contributed by atoms with Gasteiger partial charge in [-0.2, -0.15) is 0 Å². The van der Waals surface area contributed by atoms with Gasteiger partial charge in [-0.25, -0.2) is 0 Å². The van der Waals surface area contributed by atoms with Crippen LogP contribution in [0.15, 0.2) is 24.5 Å². The summed E-state index contributed by atoms with van der Waals surface area (Å²) >= 11 is 1.66. The molecule has 0 amide bonds. The third-order valence-electron chi connectivity index (χ3n) is 2.13. The minimum absolute atomic E-state index is 0.836. The minimum Gasteiger partial charge on any atom is -0.487 e. The van der Waals surface area contributed by atoms with Crippen molar-refractivity contribution in [1.29, 1.82) is 0 Å². The van der Waals surface area contributed by atoms with Crippen molar-refractivity contribution in [3.63, 3.8) is 0 Å². The zero-order valence-electron chi connectivity index (χ0n) is 9.09. The monoisotopic (exact) mass is 238 g/mol. The van der Waals surface area contributed by atoms with E-state index in [0.717, 1.165) is 24.7 Å². The van der Waals surface area contributed by atoms with Crippen LogP contribution in [0.3, 0.4) is 0 Å². The molecule has 86 valence electrons. The predicted octanol–water partition coefficient (Wildman–Crippen LogP) is 1.14. The van der Waals surface area contributed by atoms with Crippen molar-refractivity contribution in [3.05, 3.63) is 29.4 Å². The van der Waals surface area contributed by atoms with E-state index in [1.54, 1.807) is 24.6 Å². The molecule has 2 rings (SSSR count).